The van der Waals surface area contributed by atoms with Crippen LogP contribution in [-0.2, 0) is 3.07 Å². The van der Waals surface area contributed by atoms with Gasteiger partial charge in [0.1, 0.15) is 0 Å². The minimum Gasteiger partial charge on any atom is -0.379 e. The molecular formula is C13H12INO2. The van der Waals surface area contributed by atoms with Crippen molar-refractivity contribution >= 4 is 29.1 Å². The lowest BCUT2D eigenvalue weighted by Crippen LogP contribution is -2.05. The average Bonchev–Trinajstić information content (AvgIpc) is 2.41. The molecule has 0 saturated heterocycles. The Kier molecular flexibility index (Phi) is 6.09. The molecule has 2 N–H and O–H groups in total. The highest BCUT2D eigenvalue weighted by molar-refractivity contribution is 14.1. The van der Waals surface area contributed by atoms with Crippen molar-refractivity contribution in [1.29, 1.82) is 0 Å². The first kappa shape index (κ1) is 13.5. The number of carbonyl (C=O) groups excluding carboxylic acids is 1. The van der Waals surface area contributed by atoms with Gasteiger partial charge >= 0.3 is 6.09 Å². The molecule has 0 heterocycles. The number of benzene rings is 2. The Bertz CT molecular complexity index is 408. The van der Waals surface area contributed by atoms with Crippen LogP contribution in [0, 0.1) is 0 Å². The summed E-state index contributed by atoms with van der Waals surface area (Å²) < 4.78 is 3.86. The maximum absolute atomic E-state index is 9.36. The first-order valence-electron chi connectivity index (χ1n) is 4.92. The standard InChI is InChI=1S/C12H10.CH2INO2/c1-3-7-11(8-4-1)12-9-5-2-6-10-12;2-5-1(3)4/h1-10H;(H2,3,4). The summed E-state index contributed by atoms with van der Waals surface area (Å²) >= 11 is 1.40. The van der Waals surface area contributed by atoms with Crippen molar-refractivity contribution in [2.45, 2.75) is 0 Å². The Balaban J connectivity index is 0.000000249. The number of rotatable bonds is 1. The normalized spacial score (nSPS) is 8.76. The Labute approximate surface area is 114 Å². The number of carbonyl (C=O) groups is 1. The Morgan fingerprint density at radius 2 is 1.18 bits per heavy atom. The number of halogens is 1. The van der Waals surface area contributed by atoms with Crippen LogP contribution in [0.25, 0.3) is 11.1 Å². The van der Waals surface area contributed by atoms with Gasteiger partial charge in [-0.3, -0.25) is 0 Å². The molecule has 0 unspecified atom stereocenters. The fraction of sp³-hybridized carbons (Fsp3) is 0. The molecule has 17 heavy (non-hydrogen) atoms. The van der Waals surface area contributed by atoms with Crippen LogP contribution >= 0.6 is 23.0 Å². The number of hydrogen-bond donors (Lipinski definition) is 1. The third-order valence-corrected chi connectivity index (χ3v) is 2.39. The third-order valence-electron chi connectivity index (χ3n) is 1.96. The lowest BCUT2D eigenvalue weighted by molar-refractivity contribution is 0.224. The van der Waals surface area contributed by atoms with Gasteiger partial charge in [0.2, 0.25) is 0 Å². The minimum absolute atomic E-state index is 0.759. The molecule has 2 aromatic rings. The van der Waals surface area contributed by atoms with E-state index >= 15 is 0 Å². The summed E-state index contributed by atoms with van der Waals surface area (Å²) in [5.74, 6) is 0. The largest absolute Gasteiger partial charge is 0.414 e. The van der Waals surface area contributed by atoms with E-state index in [0.29, 0.717) is 0 Å². The minimum atomic E-state index is -0.759. The fourth-order valence-corrected chi connectivity index (χ4v) is 1.26. The van der Waals surface area contributed by atoms with Crippen LogP contribution in [0.15, 0.2) is 60.7 Å². The second kappa shape index (κ2) is 7.67. The quantitative estimate of drug-likeness (QED) is 0.803. The fourth-order valence-electron chi connectivity index (χ4n) is 1.26. The van der Waals surface area contributed by atoms with Crippen molar-refractivity contribution in [2.75, 3.05) is 0 Å². The van der Waals surface area contributed by atoms with Crippen molar-refractivity contribution in [3.63, 3.8) is 0 Å². The molecule has 4 heteroatoms. The van der Waals surface area contributed by atoms with Crippen LogP contribution in [-0.4, -0.2) is 6.09 Å². The summed E-state index contributed by atoms with van der Waals surface area (Å²) in [6.07, 6.45) is -0.759. The van der Waals surface area contributed by atoms with E-state index < -0.39 is 6.09 Å². The molecule has 0 aromatic heterocycles. The SMILES string of the molecule is NC(=O)OI.c1ccc(-c2ccccc2)cc1. The van der Waals surface area contributed by atoms with Gasteiger partial charge in [0.05, 0.1) is 0 Å². The van der Waals surface area contributed by atoms with Gasteiger partial charge in [-0.1, -0.05) is 60.7 Å². The van der Waals surface area contributed by atoms with Crippen molar-refractivity contribution < 1.29 is 7.86 Å². The zero-order valence-corrected chi connectivity index (χ0v) is 11.2. The maximum Gasteiger partial charge on any atom is 0.414 e. The zero-order valence-electron chi connectivity index (χ0n) is 9.05. The van der Waals surface area contributed by atoms with E-state index in [9.17, 15) is 4.79 Å². The Morgan fingerprint density at radius 1 is 0.882 bits per heavy atom. The Morgan fingerprint density at radius 3 is 1.41 bits per heavy atom. The van der Waals surface area contributed by atoms with Gasteiger partial charge in [0, 0.05) is 0 Å². The van der Waals surface area contributed by atoms with E-state index in [2.05, 4.69) is 57.3 Å². The van der Waals surface area contributed by atoms with E-state index in [-0.39, 0.29) is 0 Å². The van der Waals surface area contributed by atoms with Gasteiger partial charge < -0.3 is 8.80 Å². The van der Waals surface area contributed by atoms with E-state index in [1.165, 1.54) is 34.1 Å². The lowest BCUT2D eigenvalue weighted by Gasteiger charge is -1.98. The van der Waals surface area contributed by atoms with Gasteiger partial charge in [0.15, 0.2) is 23.0 Å². The van der Waals surface area contributed by atoms with Gasteiger partial charge in [-0.05, 0) is 11.1 Å². The summed E-state index contributed by atoms with van der Waals surface area (Å²) in [5.41, 5.74) is 6.98. The van der Waals surface area contributed by atoms with Crippen LogP contribution < -0.4 is 5.73 Å². The van der Waals surface area contributed by atoms with Crippen molar-refractivity contribution in [3.8, 4) is 11.1 Å². The molecule has 0 aliphatic heterocycles. The van der Waals surface area contributed by atoms with E-state index in [0.717, 1.165) is 0 Å². The summed E-state index contributed by atoms with van der Waals surface area (Å²) in [6.45, 7) is 0. The molecule has 2 rings (SSSR count). The second-order valence-corrected chi connectivity index (χ2v) is 3.57. The molecule has 0 radical (unpaired) electrons. The first-order valence-corrected chi connectivity index (χ1v) is 5.80. The molecule has 3 nitrogen and oxygen atoms in total. The molecule has 1 amide bonds. The lowest BCUT2D eigenvalue weighted by atomic mass is 10.1. The van der Waals surface area contributed by atoms with Crippen LogP contribution in [0.4, 0.5) is 4.79 Å². The van der Waals surface area contributed by atoms with Gasteiger partial charge in [-0.2, -0.15) is 0 Å². The predicted molar refractivity (Wildman–Crippen MR) is 76.6 cm³/mol. The highest BCUT2D eigenvalue weighted by Crippen LogP contribution is 2.17. The molecule has 0 atom stereocenters. The summed E-state index contributed by atoms with van der Waals surface area (Å²) in [7, 11) is 0. The monoisotopic (exact) mass is 341 g/mol. The first-order chi connectivity index (χ1) is 8.24. The van der Waals surface area contributed by atoms with Crippen LogP contribution in [0.2, 0.25) is 0 Å². The molecule has 88 valence electrons. The highest BCUT2D eigenvalue weighted by atomic mass is 127. The van der Waals surface area contributed by atoms with E-state index in [1.807, 2.05) is 12.1 Å². The van der Waals surface area contributed by atoms with Crippen molar-refractivity contribution in [2.24, 2.45) is 5.73 Å². The number of nitrogens with two attached hydrogens (primary N) is 1. The number of primary amides is 1. The van der Waals surface area contributed by atoms with Crippen molar-refractivity contribution in [3.05, 3.63) is 60.7 Å². The topological polar surface area (TPSA) is 52.3 Å². The second-order valence-electron chi connectivity index (χ2n) is 3.13. The molecule has 0 aliphatic rings. The molecule has 2 aromatic carbocycles. The summed E-state index contributed by atoms with van der Waals surface area (Å²) in [6, 6.07) is 20.8. The van der Waals surface area contributed by atoms with Gasteiger partial charge in [0.25, 0.3) is 0 Å². The highest BCUT2D eigenvalue weighted by Gasteiger charge is 1.91. The number of amides is 1. The van der Waals surface area contributed by atoms with Crippen molar-refractivity contribution in [1.82, 2.24) is 0 Å². The zero-order chi connectivity index (χ0) is 12.5. The maximum atomic E-state index is 9.36. The molecular weight excluding hydrogens is 329 g/mol. The predicted octanol–water partition coefficient (Wildman–Crippen LogP) is 3.79. The smallest absolute Gasteiger partial charge is 0.379 e. The molecule has 0 spiro atoms. The average molecular weight is 341 g/mol. The molecule has 0 bridgehead atoms. The van der Waals surface area contributed by atoms with Gasteiger partial charge in [-0.25, -0.2) is 4.79 Å². The molecule has 0 aliphatic carbocycles. The molecule has 0 saturated carbocycles. The molecule has 0 fully saturated rings. The Hall–Kier alpha value is -1.56. The number of hydrogen-bond acceptors (Lipinski definition) is 2. The summed E-state index contributed by atoms with van der Waals surface area (Å²) in [4.78, 5) is 9.36. The van der Waals surface area contributed by atoms with Crippen LogP contribution in [0.1, 0.15) is 0 Å². The van der Waals surface area contributed by atoms with Crippen LogP contribution in [0.5, 0.6) is 0 Å². The van der Waals surface area contributed by atoms with E-state index in [1.54, 1.807) is 0 Å². The third kappa shape index (κ3) is 5.35. The van der Waals surface area contributed by atoms with Gasteiger partial charge in [-0.15, -0.1) is 0 Å². The van der Waals surface area contributed by atoms with E-state index in [4.69, 9.17) is 0 Å². The van der Waals surface area contributed by atoms with Crippen LogP contribution in [0.3, 0.4) is 0 Å². The summed E-state index contributed by atoms with van der Waals surface area (Å²) in [5, 5.41) is 0.